The fourth-order valence-electron chi connectivity index (χ4n) is 2.05. The molecule has 1 atom stereocenters. The highest BCUT2D eigenvalue weighted by Crippen LogP contribution is 2.30. The molecular formula is C9H20NOP. The van der Waals surface area contributed by atoms with E-state index in [1.54, 1.807) is 0 Å². The largest absolute Gasteiger partial charge is 0.669 e. The van der Waals surface area contributed by atoms with E-state index in [9.17, 15) is 4.89 Å². The van der Waals surface area contributed by atoms with Gasteiger partial charge in [-0.05, 0) is 37.5 Å². The molecule has 1 fully saturated rings. The first-order valence-electron chi connectivity index (χ1n) is 4.93. The van der Waals surface area contributed by atoms with Gasteiger partial charge in [0.1, 0.15) is 0 Å². The number of rotatable bonds is 3. The van der Waals surface area contributed by atoms with Crippen LogP contribution in [-0.4, -0.2) is 6.04 Å². The van der Waals surface area contributed by atoms with Crippen LogP contribution in [-0.2, 0) is 0 Å². The van der Waals surface area contributed by atoms with Crippen molar-refractivity contribution in [3.8, 4) is 0 Å². The van der Waals surface area contributed by atoms with Gasteiger partial charge in [-0.15, -0.1) is 0 Å². The minimum Gasteiger partial charge on any atom is -0.669 e. The van der Waals surface area contributed by atoms with Gasteiger partial charge in [0, 0.05) is 15.0 Å². The molecule has 1 unspecified atom stereocenters. The molecule has 0 aromatic rings. The molecule has 0 spiro atoms. The zero-order chi connectivity index (χ0) is 8.97. The average Bonchev–Trinajstić information content (AvgIpc) is 2.06. The summed E-state index contributed by atoms with van der Waals surface area (Å²) in [6.45, 7) is 4.61. The van der Waals surface area contributed by atoms with Crippen LogP contribution in [0.4, 0.5) is 0 Å². The Kier molecular flexibility index (Phi) is 4.49. The van der Waals surface area contributed by atoms with Crippen LogP contribution in [0.15, 0.2) is 0 Å². The maximum Gasteiger partial charge on any atom is 0.0406 e. The second kappa shape index (κ2) is 5.16. The van der Waals surface area contributed by atoms with E-state index < -0.39 is 8.96 Å². The highest BCUT2D eigenvalue weighted by Gasteiger charge is 2.22. The van der Waals surface area contributed by atoms with Crippen LogP contribution < -0.4 is 9.98 Å². The molecule has 1 aliphatic carbocycles. The average molecular weight is 189 g/mol. The Morgan fingerprint density at radius 2 is 1.83 bits per heavy atom. The maximum absolute atomic E-state index is 10.4. The Morgan fingerprint density at radius 1 is 1.25 bits per heavy atom. The van der Waals surface area contributed by atoms with E-state index in [-0.39, 0.29) is 0 Å². The van der Waals surface area contributed by atoms with Crippen LogP contribution >= 0.6 is 8.96 Å². The summed E-state index contributed by atoms with van der Waals surface area (Å²) in [5.74, 6) is 1.73. The Balaban J connectivity index is 2.20. The van der Waals surface area contributed by atoms with Crippen molar-refractivity contribution >= 4 is 8.96 Å². The smallest absolute Gasteiger partial charge is 0.0406 e. The van der Waals surface area contributed by atoms with E-state index in [0.717, 1.165) is 11.8 Å². The molecule has 0 saturated heterocycles. The number of hydrogen-bond donors (Lipinski definition) is 1. The lowest BCUT2D eigenvalue weighted by atomic mass is 9.80. The first-order chi connectivity index (χ1) is 5.74. The van der Waals surface area contributed by atoms with Gasteiger partial charge in [-0.2, -0.15) is 5.09 Å². The molecule has 0 amide bonds. The molecule has 72 valence electrons. The molecule has 12 heavy (non-hydrogen) atoms. The summed E-state index contributed by atoms with van der Waals surface area (Å²) >= 11 is 0. The quantitative estimate of drug-likeness (QED) is 0.681. The molecule has 1 aliphatic rings. The summed E-state index contributed by atoms with van der Waals surface area (Å²) in [5.41, 5.74) is 0. The summed E-state index contributed by atoms with van der Waals surface area (Å²) in [6.07, 6.45) is 5.07. The highest BCUT2D eigenvalue weighted by molar-refractivity contribution is 7.26. The molecule has 1 saturated carbocycles. The standard InChI is InChI=1S/C9H20NOP/c1-7(2)8-3-5-9(6-4-8)10-12-11/h7-10H,3-6,12H2,1-2H3. The molecule has 3 heteroatoms. The fourth-order valence-corrected chi connectivity index (χ4v) is 2.57. The van der Waals surface area contributed by atoms with Crippen molar-refractivity contribution < 1.29 is 4.89 Å². The molecule has 0 aliphatic heterocycles. The lowest BCUT2D eigenvalue weighted by molar-refractivity contribution is -0.153. The third kappa shape index (κ3) is 3.01. The predicted molar refractivity (Wildman–Crippen MR) is 53.4 cm³/mol. The van der Waals surface area contributed by atoms with Gasteiger partial charge in [0.2, 0.25) is 0 Å². The van der Waals surface area contributed by atoms with Gasteiger partial charge < -0.3 is 4.89 Å². The summed E-state index contributed by atoms with van der Waals surface area (Å²) < 4.78 is 0. The zero-order valence-electron chi connectivity index (χ0n) is 8.05. The van der Waals surface area contributed by atoms with Crippen molar-refractivity contribution in [3.63, 3.8) is 0 Å². The van der Waals surface area contributed by atoms with E-state index in [1.807, 2.05) is 0 Å². The second-order valence-corrected chi connectivity index (χ2v) is 4.71. The summed E-state index contributed by atoms with van der Waals surface area (Å²) in [4.78, 5) is 10.4. The van der Waals surface area contributed by atoms with Crippen molar-refractivity contribution in [1.82, 2.24) is 5.09 Å². The van der Waals surface area contributed by atoms with Gasteiger partial charge in [0.05, 0.1) is 0 Å². The minimum atomic E-state index is -0.746. The van der Waals surface area contributed by atoms with Gasteiger partial charge in [0.25, 0.3) is 0 Å². The Morgan fingerprint density at radius 3 is 2.25 bits per heavy atom. The molecule has 0 radical (unpaired) electrons. The predicted octanol–water partition coefficient (Wildman–Crippen LogP) is 1.39. The zero-order valence-corrected chi connectivity index (χ0v) is 9.20. The number of hydrogen-bond acceptors (Lipinski definition) is 2. The highest BCUT2D eigenvalue weighted by atomic mass is 31.1. The molecular weight excluding hydrogens is 169 g/mol. The molecule has 0 bridgehead atoms. The lowest BCUT2D eigenvalue weighted by Gasteiger charge is -2.30. The van der Waals surface area contributed by atoms with Gasteiger partial charge >= 0.3 is 0 Å². The number of nitrogens with one attached hydrogen (secondary N) is 1. The maximum atomic E-state index is 10.4. The topological polar surface area (TPSA) is 35.1 Å². The molecule has 1 N–H and O–H groups in total. The van der Waals surface area contributed by atoms with Crippen molar-refractivity contribution in [2.24, 2.45) is 11.8 Å². The van der Waals surface area contributed by atoms with Crippen LogP contribution in [0.5, 0.6) is 0 Å². The van der Waals surface area contributed by atoms with Crippen molar-refractivity contribution in [1.29, 1.82) is 0 Å². The van der Waals surface area contributed by atoms with E-state index in [2.05, 4.69) is 18.9 Å². The Hall–Kier alpha value is 0.350. The Labute approximate surface area is 77.1 Å². The lowest BCUT2D eigenvalue weighted by Crippen LogP contribution is -2.30. The Bertz CT molecular complexity index is 122. The molecule has 0 aromatic heterocycles. The monoisotopic (exact) mass is 189 g/mol. The van der Waals surface area contributed by atoms with E-state index in [4.69, 9.17) is 0 Å². The van der Waals surface area contributed by atoms with E-state index in [1.165, 1.54) is 25.7 Å². The molecule has 0 aromatic carbocycles. The third-order valence-corrected chi connectivity index (χ3v) is 3.63. The first kappa shape index (κ1) is 10.4. The van der Waals surface area contributed by atoms with Crippen molar-refractivity contribution in [2.45, 2.75) is 45.6 Å². The van der Waals surface area contributed by atoms with E-state index in [0.29, 0.717) is 6.04 Å². The molecule has 1 rings (SSSR count). The van der Waals surface area contributed by atoms with Gasteiger partial charge in [-0.1, -0.05) is 13.8 Å². The SMILES string of the molecule is CC(C)C1CCC(N[PH2+][O-])CC1. The van der Waals surface area contributed by atoms with Gasteiger partial charge in [0.15, 0.2) is 0 Å². The van der Waals surface area contributed by atoms with Crippen molar-refractivity contribution in [3.05, 3.63) is 0 Å². The first-order valence-corrected chi connectivity index (χ1v) is 5.98. The fraction of sp³-hybridized carbons (Fsp3) is 1.00. The third-order valence-electron chi connectivity index (χ3n) is 3.02. The van der Waals surface area contributed by atoms with Crippen LogP contribution in [0.25, 0.3) is 0 Å². The molecule has 0 heterocycles. The summed E-state index contributed by atoms with van der Waals surface area (Å²) in [6, 6.07) is 0.549. The van der Waals surface area contributed by atoms with Crippen LogP contribution in [0, 0.1) is 11.8 Å². The second-order valence-electron chi connectivity index (χ2n) is 4.14. The van der Waals surface area contributed by atoms with Gasteiger partial charge in [-0.3, -0.25) is 0 Å². The summed E-state index contributed by atoms with van der Waals surface area (Å²) in [5, 5.41) is 3.07. The van der Waals surface area contributed by atoms with Crippen LogP contribution in [0.2, 0.25) is 0 Å². The molecule has 2 nitrogen and oxygen atoms in total. The summed E-state index contributed by atoms with van der Waals surface area (Å²) in [7, 11) is -0.746. The van der Waals surface area contributed by atoms with Crippen molar-refractivity contribution in [2.75, 3.05) is 0 Å². The van der Waals surface area contributed by atoms with Gasteiger partial charge in [-0.25, -0.2) is 0 Å². The van der Waals surface area contributed by atoms with E-state index >= 15 is 0 Å². The van der Waals surface area contributed by atoms with Crippen LogP contribution in [0.1, 0.15) is 39.5 Å². The van der Waals surface area contributed by atoms with Crippen LogP contribution in [0.3, 0.4) is 0 Å². The normalized spacial score (nSPS) is 32.0. The minimum absolute atomic E-state index is 0.549.